The Morgan fingerprint density at radius 1 is 1.04 bits per heavy atom. The van der Waals surface area contributed by atoms with Crippen molar-refractivity contribution in [1.82, 2.24) is 0 Å². The lowest BCUT2D eigenvalue weighted by molar-refractivity contribution is 0.312. The molecule has 0 aromatic heterocycles. The number of hydrogen-bond donors (Lipinski definition) is 2. The summed E-state index contributed by atoms with van der Waals surface area (Å²) in [5.74, 6) is 6.15. The van der Waals surface area contributed by atoms with Gasteiger partial charge in [-0.1, -0.05) is 42.5 Å². The topological polar surface area (TPSA) is 90.7 Å². The quantitative estimate of drug-likeness (QED) is 0.434. The van der Waals surface area contributed by atoms with E-state index in [9.17, 15) is 4.21 Å². The third kappa shape index (κ3) is 5.88. The van der Waals surface area contributed by atoms with Crippen molar-refractivity contribution in [3.63, 3.8) is 0 Å². The van der Waals surface area contributed by atoms with Crippen LogP contribution in [0.4, 0.5) is 0 Å². The van der Waals surface area contributed by atoms with Crippen LogP contribution in [-0.4, -0.2) is 28.9 Å². The van der Waals surface area contributed by atoms with Gasteiger partial charge in [0.2, 0.25) is 5.90 Å². The fourth-order valence-electron chi connectivity index (χ4n) is 2.25. The Bertz CT molecular complexity index is 672. The Balaban J connectivity index is 1.87. The van der Waals surface area contributed by atoms with Gasteiger partial charge < -0.3 is 10.6 Å². The Labute approximate surface area is 145 Å². The van der Waals surface area contributed by atoms with Crippen molar-refractivity contribution in [3.8, 4) is 0 Å². The average molecular weight is 345 g/mol. The van der Waals surface area contributed by atoms with Gasteiger partial charge in [0.1, 0.15) is 0 Å². The third-order valence-electron chi connectivity index (χ3n) is 3.52. The summed E-state index contributed by atoms with van der Waals surface area (Å²) in [6, 6.07) is 17.5. The van der Waals surface area contributed by atoms with Crippen LogP contribution in [0.2, 0.25) is 0 Å². The minimum atomic E-state index is -1.10. The first-order valence-corrected chi connectivity index (χ1v) is 9.16. The van der Waals surface area contributed by atoms with Crippen molar-refractivity contribution in [2.24, 2.45) is 16.6 Å². The minimum absolute atomic E-state index is 0.399. The van der Waals surface area contributed by atoms with E-state index in [2.05, 4.69) is 4.99 Å². The molecule has 0 heterocycles. The molecule has 6 heteroatoms. The van der Waals surface area contributed by atoms with Gasteiger partial charge in [-0.25, -0.2) is 0 Å². The maximum Gasteiger partial charge on any atom is 0.213 e. The first-order chi connectivity index (χ1) is 11.7. The van der Waals surface area contributed by atoms with Crippen LogP contribution in [0.25, 0.3) is 0 Å². The van der Waals surface area contributed by atoms with E-state index in [1.807, 2.05) is 54.6 Å². The van der Waals surface area contributed by atoms with E-state index in [-0.39, 0.29) is 0 Å². The molecule has 0 saturated carbocycles. The van der Waals surface area contributed by atoms with Gasteiger partial charge in [-0.05, 0) is 36.2 Å². The highest BCUT2D eigenvalue weighted by Crippen LogP contribution is 2.10. The molecule has 1 unspecified atom stereocenters. The number of nitrogens with two attached hydrogens (primary N) is 2. The molecule has 0 amide bonds. The maximum atomic E-state index is 12.3. The second-order valence-electron chi connectivity index (χ2n) is 5.29. The molecule has 0 bridgehead atoms. The molecule has 0 saturated heterocycles. The van der Waals surface area contributed by atoms with Crippen molar-refractivity contribution >= 4 is 16.7 Å². The first kappa shape index (κ1) is 18.3. The second-order valence-corrected chi connectivity index (χ2v) is 6.86. The van der Waals surface area contributed by atoms with Gasteiger partial charge in [0.15, 0.2) is 0 Å². The number of benzene rings is 2. The smallest absolute Gasteiger partial charge is 0.213 e. The van der Waals surface area contributed by atoms with Gasteiger partial charge in [0.05, 0.1) is 23.8 Å². The van der Waals surface area contributed by atoms with Crippen LogP contribution in [0.5, 0.6) is 0 Å². The SMILES string of the molecule is NCCc1ccc(S(=O)CCN=C(Cc2ccccc2)ON)cc1. The molecule has 0 fully saturated rings. The number of hydrogen-bond acceptors (Lipinski definition) is 5. The van der Waals surface area contributed by atoms with Gasteiger partial charge in [-0.15, -0.1) is 0 Å². The molecule has 1 atom stereocenters. The Morgan fingerprint density at radius 3 is 2.38 bits per heavy atom. The van der Waals surface area contributed by atoms with Gasteiger partial charge in [-0.3, -0.25) is 9.20 Å². The highest BCUT2D eigenvalue weighted by Gasteiger charge is 2.05. The van der Waals surface area contributed by atoms with Crippen LogP contribution in [0, 0.1) is 0 Å². The fourth-order valence-corrected chi connectivity index (χ4v) is 3.18. The summed E-state index contributed by atoms with van der Waals surface area (Å²) >= 11 is 0. The van der Waals surface area contributed by atoms with Crippen LogP contribution in [0.15, 0.2) is 64.5 Å². The van der Waals surface area contributed by atoms with Crippen molar-refractivity contribution < 1.29 is 9.05 Å². The predicted molar refractivity (Wildman–Crippen MR) is 98.2 cm³/mol. The monoisotopic (exact) mass is 345 g/mol. The third-order valence-corrected chi connectivity index (χ3v) is 4.87. The van der Waals surface area contributed by atoms with Crippen molar-refractivity contribution in [3.05, 3.63) is 65.7 Å². The molecule has 0 spiro atoms. The van der Waals surface area contributed by atoms with Crippen molar-refractivity contribution in [2.75, 3.05) is 18.8 Å². The summed E-state index contributed by atoms with van der Waals surface area (Å²) in [5.41, 5.74) is 7.74. The van der Waals surface area contributed by atoms with Gasteiger partial charge in [-0.2, -0.15) is 5.90 Å². The summed E-state index contributed by atoms with van der Waals surface area (Å²) < 4.78 is 12.3. The molecule has 2 aromatic carbocycles. The standard InChI is InChI=1S/C18H23N3O2S/c19-11-10-15-6-8-17(9-7-15)24(22)13-12-21-18(23-20)14-16-4-2-1-3-5-16/h1-9H,10-14,19-20H2. The number of rotatable bonds is 8. The lowest BCUT2D eigenvalue weighted by Crippen LogP contribution is -2.15. The molecule has 0 radical (unpaired) electrons. The molecule has 0 aliphatic carbocycles. The van der Waals surface area contributed by atoms with Gasteiger partial charge >= 0.3 is 0 Å². The Morgan fingerprint density at radius 2 is 1.75 bits per heavy atom. The normalized spacial score (nSPS) is 12.8. The summed E-state index contributed by atoms with van der Waals surface area (Å²) in [6.07, 6.45) is 1.35. The highest BCUT2D eigenvalue weighted by molar-refractivity contribution is 7.85. The van der Waals surface area contributed by atoms with Gasteiger partial charge in [0, 0.05) is 10.6 Å². The predicted octanol–water partition coefficient (Wildman–Crippen LogP) is 1.83. The summed E-state index contributed by atoms with van der Waals surface area (Å²) in [6.45, 7) is 1.01. The molecule has 128 valence electrons. The minimum Gasteiger partial charge on any atom is -0.396 e. The lowest BCUT2D eigenvalue weighted by Gasteiger charge is -2.05. The molecule has 2 rings (SSSR count). The van der Waals surface area contributed by atoms with E-state index in [1.165, 1.54) is 0 Å². The highest BCUT2D eigenvalue weighted by atomic mass is 32.2. The van der Waals surface area contributed by atoms with Crippen LogP contribution >= 0.6 is 0 Å². The summed E-state index contributed by atoms with van der Waals surface area (Å²) in [7, 11) is -1.10. The van der Waals surface area contributed by atoms with Crippen LogP contribution in [-0.2, 0) is 28.5 Å². The van der Waals surface area contributed by atoms with E-state index >= 15 is 0 Å². The second kappa shape index (κ2) is 9.97. The van der Waals surface area contributed by atoms with Crippen molar-refractivity contribution in [2.45, 2.75) is 17.7 Å². The van der Waals surface area contributed by atoms with E-state index in [0.717, 1.165) is 22.4 Å². The summed E-state index contributed by atoms with van der Waals surface area (Å²) in [4.78, 5) is 9.93. The zero-order valence-corrected chi connectivity index (χ0v) is 14.4. The molecule has 5 nitrogen and oxygen atoms in total. The van der Waals surface area contributed by atoms with Crippen LogP contribution < -0.4 is 11.6 Å². The Kier molecular flexibility index (Phi) is 7.61. The van der Waals surface area contributed by atoms with Crippen LogP contribution in [0.3, 0.4) is 0 Å². The molecular weight excluding hydrogens is 322 g/mol. The van der Waals surface area contributed by atoms with E-state index < -0.39 is 10.8 Å². The molecule has 0 aliphatic heterocycles. The van der Waals surface area contributed by atoms with Crippen molar-refractivity contribution in [1.29, 1.82) is 0 Å². The number of nitrogens with zero attached hydrogens (tertiary/aromatic N) is 1. The average Bonchev–Trinajstić information content (AvgIpc) is 2.62. The molecular formula is C18H23N3O2S. The largest absolute Gasteiger partial charge is 0.396 e. The molecule has 4 N–H and O–H groups in total. The molecule has 0 aliphatic rings. The molecule has 2 aromatic rings. The number of aliphatic imine (C=N–C) groups is 1. The van der Waals surface area contributed by atoms with E-state index in [1.54, 1.807) is 0 Å². The Hall–Kier alpha value is -2.02. The maximum absolute atomic E-state index is 12.3. The fraction of sp³-hybridized carbons (Fsp3) is 0.278. The van der Waals surface area contributed by atoms with Gasteiger partial charge in [0.25, 0.3) is 0 Å². The lowest BCUT2D eigenvalue weighted by atomic mass is 10.1. The van der Waals surface area contributed by atoms with Crippen LogP contribution in [0.1, 0.15) is 11.1 Å². The first-order valence-electron chi connectivity index (χ1n) is 7.84. The summed E-state index contributed by atoms with van der Waals surface area (Å²) in [5, 5.41) is 0. The van der Waals surface area contributed by atoms with E-state index in [4.69, 9.17) is 16.5 Å². The zero-order chi connectivity index (χ0) is 17.2. The molecule has 24 heavy (non-hydrogen) atoms. The van der Waals surface area contributed by atoms with E-state index in [0.29, 0.717) is 31.2 Å². The zero-order valence-electron chi connectivity index (χ0n) is 13.6.